The van der Waals surface area contributed by atoms with Crippen LogP contribution in [0.1, 0.15) is 27.8 Å². The summed E-state index contributed by atoms with van der Waals surface area (Å²) in [6.45, 7) is 5.74. The smallest absolute Gasteiger partial charge is 0.220 e. The van der Waals surface area contributed by atoms with Crippen LogP contribution in [-0.2, 0) is 0 Å². The molecule has 28 heavy (non-hydrogen) atoms. The average molecular weight is 398 g/mol. The number of benzene rings is 2. The molecule has 1 atom stereocenters. The van der Waals surface area contributed by atoms with Crippen molar-refractivity contribution in [3.63, 3.8) is 0 Å². The molecule has 0 spiro atoms. The van der Waals surface area contributed by atoms with Crippen molar-refractivity contribution in [2.45, 2.75) is 31.2 Å². The van der Waals surface area contributed by atoms with E-state index in [-0.39, 0.29) is 11.5 Å². The van der Waals surface area contributed by atoms with E-state index in [4.69, 9.17) is 4.74 Å². The van der Waals surface area contributed by atoms with Gasteiger partial charge in [0.15, 0.2) is 5.16 Å². The predicted molar refractivity (Wildman–Crippen MR) is 109 cm³/mol. The number of thioether (sulfide) groups is 1. The molecule has 0 aliphatic heterocycles. The Labute approximate surface area is 167 Å². The number of nitro groups is 1. The Hall–Kier alpha value is -2.87. The number of methoxy groups -OCH3 is 1. The van der Waals surface area contributed by atoms with E-state index in [1.54, 1.807) is 7.11 Å². The maximum atomic E-state index is 11.3. The van der Waals surface area contributed by atoms with E-state index < -0.39 is 5.25 Å². The number of aryl methyl sites for hydroxylation is 3. The zero-order valence-electron chi connectivity index (χ0n) is 16.2. The van der Waals surface area contributed by atoms with E-state index in [0.29, 0.717) is 10.9 Å². The standard InChI is InChI=1S/C20H22N4O3S/c1-13-9-10-16(11-14(13)2)24-15(3)21-22-20(24)28-19(12-23(25)26)17-7-5-6-8-18(17)27-4/h5-11,19H,12H2,1-4H3/t19-/m0/s1. The first-order valence-electron chi connectivity index (χ1n) is 8.81. The molecule has 3 rings (SSSR count). The van der Waals surface area contributed by atoms with Gasteiger partial charge in [0.25, 0.3) is 0 Å². The van der Waals surface area contributed by atoms with Crippen molar-refractivity contribution >= 4 is 11.8 Å². The highest BCUT2D eigenvalue weighted by atomic mass is 32.2. The van der Waals surface area contributed by atoms with Gasteiger partial charge < -0.3 is 4.74 Å². The number of nitrogens with zero attached hydrogens (tertiary/aromatic N) is 4. The largest absolute Gasteiger partial charge is 0.496 e. The summed E-state index contributed by atoms with van der Waals surface area (Å²) in [5.74, 6) is 1.35. The van der Waals surface area contributed by atoms with E-state index in [1.807, 2.05) is 47.9 Å². The van der Waals surface area contributed by atoms with Gasteiger partial charge in [0.2, 0.25) is 6.54 Å². The van der Waals surface area contributed by atoms with Crippen LogP contribution in [0.15, 0.2) is 47.6 Å². The summed E-state index contributed by atoms with van der Waals surface area (Å²) in [4.78, 5) is 11.0. The van der Waals surface area contributed by atoms with Gasteiger partial charge in [0, 0.05) is 16.2 Å². The van der Waals surface area contributed by atoms with Gasteiger partial charge in [-0.15, -0.1) is 10.2 Å². The fraction of sp³-hybridized carbons (Fsp3) is 0.300. The zero-order valence-corrected chi connectivity index (χ0v) is 17.1. The highest BCUT2D eigenvalue weighted by Crippen LogP contribution is 2.39. The molecule has 7 nitrogen and oxygen atoms in total. The molecule has 0 amide bonds. The molecule has 0 unspecified atom stereocenters. The summed E-state index contributed by atoms with van der Waals surface area (Å²) in [6.07, 6.45) is 0. The second-order valence-electron chi connectivity index (χ2n) is 6.50. The van der Waals surface area contributed by atoms with Gasteiger partial charge in [0.05, 0.1) is 7.11 Å². The van der Waals surface area contributed by atoms with Crippen molar-refractivity contribution < 1.29 is 9.66 Å². The third kappa shape index (κ3) is 4.17. The van der Waals surface area contributed by atoms with E-state index in [0.717, 1.165) is 22.6 Å². The van der Waals surface area contributed by atoms with Crippen LogP contribution in [0.4, 0.5) is 0 Å². The van der Waals surface area contributed by atoms with Gasteiger partial charge in [-0.05, 0) is 50.1 Å². The molecule has 2 aromatic carbocycles. The van der Waals surface area contributed by atoms with Crippen LogP contribution in [0.25, 0.3) is 5.69 Å². The minimum Gasteiger partial charge on any atom is -0.496 e. The summed E-state index contributed by atoms with van der Waals surface area (Å²) in [7, 11) is 1.56. The molecule has 3 aromatic rings. The molecule has 0 fully saturated rings. The normalized spacial score (nSPS) is 12.0. The van der Waals surface area contributed by atoms with Gasteiger partial charge in [-0.25, -0.2) is 0 Å². The fourth-order valence-electron chi connectivity index (χ4n) is 2.98. The Morgan fingerprint density at radius 3 is 2.57 bits per heavy atom. The fourth-order valence-corrected chi connectivity index (χ4v) is 4.18. The Morgan fingerprint density at radius 1 is 1.14 bits per heavy atom. The maximum absolute atomic E-state index is 11.3. The molecule has 1 aromatic heterocycles. The molecule has 0 aliphatic rings. The molecule has 0 saturated carbocycles. The van der Waals surface area contributed by atoms with E-state index in [1.165, 1.54) is 17.3 Å². The van der Waals surface area contributed by atoms with Gasteiger partial charge in [-0.1, -0.05) is 36.0 Å². The number of rotatable bonds is 7. The minimum absolute atomic E-state index is 0.246. The average Bonchev–Trinajstić information content (AvgIpc) is 3.03. The summed E-state index contributed by atoms with van der Waals surface area (Å²) < 4.78 is 7.35. The van der Waals surface area contributed by atoms with Crippen molar-refractivity contribution in [1.82, 2.24) is 14.8 Å². The second-order valence-corrected chi connectivity index (χ2v) is 7.67. The summed E-state index contributed by atoms with van der Waals surface area (Å²) in [6, 6.07) is 13.5. The van der Waals surface area contributed by atoms with Crippen LogP contribution in [-0.4, -0.2) is 33.3 Å². The van der Waals surface area contributed by atoms with Crippen LogP contribution >= 0.6 is 11.8 Å². The maximum Gasteiger partial charge on any atom is 0.220 e. The number of aromatic nitrogens is 3. The van der Waals surface area contributed by atoms with Crippen molar-refractivity contribution in [2.24, 2.45) is 0 Å². The molecule has 0 bridgehead atoms. The van der Waals surface area contributed by atoms with Crippen molar-refractivity contribution in [3.8, 4) is 11.4 Å². The number of hydrogen-bond acceptors (Lipinski definition) is 6. The lowest BCUT2D eigenvalue weighted by Crippen LogP contribution is -2.12. The molecule has 146 valence electrons. The topological polar surface area (TPSA) is 83.1 Å². The van der Waals surface area contributed by atoms with Gasteiger partial charge >= 0.3 is 0 Å². The Kier molecular flexibility index (Phi) is 5.99. The van der Waals surface area contributed by atoms with Crippen LogP contribution in [0.2, 0.25) is 0 Å². The lowest BCUT2D eigenvalue weighted by molar-refractivity contribution is -0.479. The van der Waals surface area contributed by atoms with E-state index >= 15 is 0 Å². The summed E-state index contributed by atoms with van der Waals surface area (Å²) >= 11 is 1.32. The van der Waals surface area contributed by atoms with Crippen LogP contribution in [0.3, 0.4) is 0 Å². The molecule has 8 heteroatoms. The molecule has 0 saturated heterocycles. The number of ether oxygens (including phenoxy) is 1. The SMILES string of the molecule is COc1ccccc1[C@H](C[N+](=O)[O-])Sc1nnc(C)n1-c1ccc(C)c(C)c1. The minimum atomic E-state index is -0.458. The molecule has 0 aliphatic carbocycles. The zero-order chi connectivity index (χ0) is 20.3. The molecular weight excluding hydrogens is 376 g/mol. The third-order valence-corrected chi connectivity index (χ3v) is 5.75. The highest BCUT2D eigenvalue weighted by Gasteiger charge is 2.26. The van der Waals surface area contributed by atoms with Crippen molar-refractivity contribution in [1.29, 1.82) is 0 Å². The molecule has 1 heterocycles. The Balaban J connectivity index is 2.02. The first kappa shape index (κ1) is 19.9. The van der Waals surface area contributed by atoms with Crippen molar-refractivity contribution in [3.05, 3.63) is 75.1 Å². The highest BCUT2D eigenvalue weighted by molar-refractivity contribution is 7.99. The predicted octanol–water partition coefficient (Wildman–Crippen LogP) is 4.31. The quantitative estimate of drug-likeness (QED) is 0.335. The molecular formula is C20H22N4O3S. The third-order valence-electron chi connectivity index (χ3n) is 4.59. The monoisotopic (exact) mass is 398 g/mol. The van der Waals surface area contributed by atoms with Gasteiger partial charge in [-0.3, -0.25) is 14.7 Å². The van der Waals surface area contributed by atoms with Crippen LogP contribution in [0.5, 0.6) is 5.75 Å². The molecule has 0 N–H and O–H groups in total. The lowest BCUT2D eigenvalue weighted by Gasteiger charge is -2.17. The number of para-hydroxylation sites is 1. The van der Waals surface area contributed by atoms with Gasteiger partial charge in [-0.2, -0.15) is 0 Å². The van der Waals surface area contributed by atoms with Crippen LogP contribution in [0, 0.1) is 30.9 Å². The molecule has 0 radical (unpaired) electrons. The van der Waals surface area contributed by atoms with E-state index in [9.17, 15) is 10.1 Å². The van der Waals surface area contributed by atoms with Gasteiger partial charge in [0.1, 0.15) is 16.8 Å². The Morgan fingerprint density at radius 2 is 1.89 bits per heavy atom. The Bertz CT molecular complexity index is 1000. The van der Waals surface area contributed by atoms with Crippen molar-refractivity contribution in [2.75, 3.05) is 13.7 Å². The summed E-state index contributed by atoms with van der Waals surface area (Å²) in [5, 5.41) is 20.0. The first-order valence-corrected chi connectivity index (χ1v) is 9.69. The summed E-state index contributed by atoms with van der Waals surface area (Å²) in [5.41, 5.74) is 4.06. The van der Waals surface area contributed by atoms with E-state index in [2.05, 4.69) is 30.1 Å². The number of hydrogen-bond donors (Lipinski definition) is 0. The lowest BCUT2D eigenvalue weighted by atomic mass is 10.1. The second kappa shape index (κ2) is 8.43. The van der Waals surface area contributed by atoms with Crippen LogP contribution < -0.4 is 4.74 Å². The first-order chi connectivity index (χ1) is 13.4.